The Morgan fingerprint density at radius 1 is 0.467 bits per heavy atom. The van der Waals surface area contributed by atoms with Crippen molar-refractivity contribution in [1.82, 2.24) is 0 Å². The summed E-state index contributed by atoms with van der Waals surface area (Å²) in [7, 11) is 0. The van der Waals surface area contributed by atoms with Crippen molar-refractivity contribution >= 4 is 41.5 Å². The van der Waals surface area contributed by atoms with Gasteiger partial charge in [-0.3, -0.25) is 0 Å². The second-order valence-electron chi connectivity index (χ2n) is 17.0. The molecule has 9 rings (SSSR count). The molecule has 0 aliphatic heterocycles. The van der Waals surface area contributed by atoms with Crippen LogP contribution in [0.1, 0.15) is 86.9 Å². The van der Waals surface area contributed by atoms with Crippen molar-refractivity contribution in [2.75, 3.05) is 0 Å². The van der Waals surface area contributed by atoms with E-state index < -0.39 is 0 Å². The van der Waals surface area contributed by atoms with E-state index in [1.54, 1.807) is 0 Å². The summed E-state index contributed by atoms with van der Waals surface area (Å²) in [5.41, 5.74) is 13.5. The molecule has 8 aromatic carbocycles. The Bertz CT molecular complexity index is 2570. The van der Waals surface area contributed by atoms with Crippen LogP contribution >= 0.6 is 0 Å². The zero-order valence-electron chi connectivity index (χ0n) is 35.4. The third-order valence-electron chi connectivity index (χ3n) is 10.8. The molecule has 0 spiro atoms. The normalized spacial score (nSPS) is 12.3. The summed E-state index contributed by atoms with van der Waals surface area (Å²) in [4.78, 5) is 0. The molecule has 60 heavy (non-hydrogen) atoms. The van der Waals surface area contributed by atoms with Gasteiger partial charge in [-0.1, -0.05) is 173 Å². The van der Waals surface area contributed by atoms with Crippen LogP contribution in [0.25, 0.3) is 38.3 Å². The quantitative estimate of drug-likeness (QED) is 0.152. The third kappa shape index (κ3) is 11.1. The molecule has 0 radical (unpaired) electrons. The van der Waals surface area contributed by atoms with E-state index in [9.17, 15) is 0 Å². The molecule has 0 fully saturated rings. The van der Waals surface area contributed by atoms with Crippen molar-refractivity contribution in [2.45, 2.75) is 58.8 Å². The van der Waals surface area contributed by atoms with Gasteiger partial charge in [0.15, 0.2) is 0 Å². The van der Waals surface area contributed by atoms with Crippen molar-refractivity contribution in [3.63, 3.8) is 0 Å². The van der Waals surface area contributed by atoms with Gasteiger partial charge in [-0.25, -0.2) is 0 Å². The summed E-state index contributed by atoms with van der Waals surface area (Å²) in [5.74, 6) is 0. The van der Waals surface area contributed by atoms with Crippen LogP contribution in [0, 0.1) is 6.08 Å². The van der Waals surface area contributed by atoms with Gasteiger partial charge < -0.3 is 24.8 Å². The SMILES string of the molecule is CC(C)(C)c1ccc2c(c1)[cH-]c1cc(C(C)(C)C)ccc12.[C-]1=C(c2ccccc2)C(c2ccccc2)=C(c2ccccc2)C1.[Cl-].[Cl-].[Zr+2]=[C](c1ccccc1)c1ccccc1. The molecular formula is C57H52Cl2Zr-2. The van der Waals surface area contributed by atoms with E-state index in [1.165, 1.54) is 105 Å². The molecule has 1 aliphatic rings. The first-order valence-electron chi connectivity index (χ1n) is 20.3. The molecular weight excluding hydrogens is 847 g/mol. The molecule has 0 amide bonds. The second kappa shape index (κ2) is 20.7. The second-order valence-corrected chi connectivity index (χ2v) is 18.3. The van der Waals surface area contributed by atoms with E-state index in [1.807, 2.05) is 0 Å². The summed E-state index contributed by atoms with van der Waals surface area (Å²) >= 11 is 1.46. The fourth-order valence-corrected chi connectivity index (χ4v) is 8.32. The van der Waals surface area contributed by atoms with Crippen molar-refractivity contribution < 1.29 is 49.0 Å². The number of rotatable bonds is 5. The van der Waals surface area contributed by atoms with Gasteiger partial charge in [0.05, 0.1) is 0 Å². The number of halogens is 2. The predicted octanol–water partition coefficient (Wildman–Crippen LogP) is 9.00. The Labute approximate surface area is 385 Å². The van der Waals surface area contributed by atoms with Gasteiger partial charge in [-0.2, -0.15) is 11.6 Å². The Balaban J connectivity index is 0.000000173. The Hall–Kier alpha value is -4.78. The van der Waals surface area contributed by atoms with Crippen LogP contribution in [-0.2, 0) is 35.1 Å². The average molecular weight is 899 g/mol. The first kappa shape index (κ1) is 46.3. The van der Waals surface area contributed by atoms with E-state index in [-0.39, 0.29) is 35.6 Å². The van der Waals surface area contributed by atoms with Crippen LogP contribution in [0.4, 0.5) is 0 Å². The van der Waals surface area contributed by atoms with Gasteiger partial charge in [-0.15, -0.1) is 63.0 Å². The van der Waals surface area contributed by atoms with Crippen molar-refractivity contribution in [1.29, 1.82) is 0 Å². The van der Waals surface area contributed by atoms with E-state index in [0.717, 1.165) is 6.42 Å². The molecule has 8 aromatic rings. The number of benzene rings is 7. The van der Waals surface area contributed by atoms with Gasteiger partial charge in [0, 0.05) is 0 Å². The Morgan fingerprint density at radius 3 is 1.23 bits per heavy atom. The molecule has 0 saturated heterocycles. The van der Waals surface area contributed by atoms with Gasteiger partial charge >= 0.3 is 99.2 Å². The number of hydrogen-bond acceptors (Lipinski definition) is 0. The number of allylic oxidation sites excluding steroid dienone is 4. The maximum absolute atomic E-state index is 3.61. The van der Waals surface area contributed by atoms with Crippen LogP contribution in [0.2, 0.25) is 0 Å². The number of fused-ring (bicyclic) bond motifs is 3. The molecule has 3 heteroatoms. The summed E-state index contributed by atoms with van der Waals surface area (Å²) in [5, 5.41) is 5.48. The molecule has 1 aliphatic carbocycles. The average Bonchev–Trinajstić information content (AvgIpc) is 3.87. The van der Waals surface area contributed by atoms with Crippen LogP contribution in [-0.4, -0.2) is 3.21 Å². The van der Waals surface area contributed by atoms with E-state index in [4.69, 9.17) is 0 Å². The standard InChI is InChI=1S/C23H17.C21H25.C13H10.2ClH.Zr/c1-4-10-18(11-5-1)21-16-17-22(19-12-6-2-7-13-19)23(21)20-14-8-3-9-15-20;1-20(2,3)16-7-9-18-14(12-16)11-15-13-17(21(4,5)6)8-10-19(15)18;1-3-7-12(8-4-1)11-13-9-5-2-6-10-13;;;/h1-15H,16H2;7-13H,1-6H3;1-10H;2*1H;/q2*-1;;;;+2/p-2. The predicted molar refractivity (Wildman–Crippen MR) is 248 cm³/mol. The minimum atomic E-state index is 0. The minimum absolute atomic E-state index is 0. The van der Waals surface area contributed by atoms with Crippen molar-refractivity contribution in [3.8, 4) is 0 Å². The van der Waals surface area contributed by atoms with Crippen LogP contribution in [0.15, 0.2) is 194 Å². The summed E-state index contributed by atoms with van der Waals surface area (Å²) < 4.78 is 1.42. The first-order chi connectivity index (χ1) is 28.0. The van der Waals surface area contributed by atoms with Gasteiger partial charge in [0.1, 0.15) is 0 Å². The molecule has 0 aromatic heterocycles. The molecule has 300 valence electrons. The molecule has 0 saturated carbocycles. The van der Waals surface area contributed by atoms with Gasteiger partial charge in [0.25, 0.3) is 0 Å². The zero-order chi connectivity index (χ0) is 40.7. The molecule has 0 bridgehead atoms. The molecule has 0 nitrogen and oxygen atoms in total. The molecule has 0 atom stereocenters. The number of hydrogen-bond donors (Lipinski definition) is 0. The van der Waals surface area contributed by atoms with Crippen LogP contribution in [0.3, 0.4) is 0 Å². The monoisotopic (exact) mass is 896 g/mol. The first-order valence-corrected chi connectivity index (χ1v) is 21.5. The van der Waals surface area contributed by atoms with Crippen LogP contribution in [0.5, 0.6) is 0 Å². The molecule has 0 heterocycles. The zero-order valence-corrected chi connectivity index (χ0v) is 39.4. The summed E-state index contributed by atoms with van der Waals surface area (Å²) in [6.45, 7) is 13.6. The fraction of sp³-hybridized carbons (Fsp3) is 0.158. The maximum atomic E-state index is 3.61. The summed E-state index contributed by atoms with van der Waals surface area (Å²) in [6, 6.07) is 69.1. The topological polar surface area (TPSA) is 0 Å². The fourth-order valence-electron chi connectivity index (χ4n) is 7.50. The van der Waals surface area contributed by atoms with Gasteiger partial charge in [-0.05, 0) is 16.4 Å². The summed E-state index contributed by atoms with van der Waals surface area (Å²) in [6.07, 6.45) is 4.47. The molecule has 0 unspecified atom stereocenters. The van der Waals surface area contributed by atoms with Crippen molar-refractivity contribution in [2.24, 2.45) is 0 Å². The van der Waals surface area contributed by atoms with E-state index >= 15 is 0 Å². The van der Waals surface area contributed by atoms with Crippen LogP contribution < -0.4 is 24.8 Å². The van der Waals surface area contributed by atoms with Gasteiger partial charge in [0.2, 0.25) is 0 Å². The van der Waals surface area contributed by atoms with E-state index in [2.05, 4.69) is 242 Å². The van der Waals surface area contributed by atoms with Crippen molar-refractivity contribution in [3.05, 3.63) is 239 Å². The Kier molecular flexibility index (Phi) is 15.9. The van der Waals surface area contributed by atoms with E-state index in [0.29, 0.717) is 0 Å². The third-order valence-corrected chi connectivity index (χ3v) is 12.2. The Morgan fingerprint density at radius 2 is 0.833 bits per heavy atom. The molecule has 0 N–H and O–H groups in total.